The van der Waals surface area contributed by atoms with Crippen molar-refractivity contribution in [2.75, 3.05) is 6.54 Å². The van der Waals surface area contributed by atoms with Crippen molar-refractivity contribution in [3.8, 4) is 0 Å². The second-order valence-electron chi connectivity index (χ2n) is 4.44. The summed E-state index contributed by atoms with van der Waals surface area (Å²) in [5.74, 6) is 0. The summed E-state index contributed by atoms with van der Waals surface area (Å²) in [6.45, 7) is 2.85. The molecule has 3 rings (SSSR count). The Hall–Kier alpha value is -1.29. The van der Waals surface area contributed by atoms with E-state index in [0.717, 1.165) is 30.0 Å². The Kier molecular flexibility index (Phi) is 3.87. The zero-order valence-electron chi connectivity index (χ0n) is 10.5. The van der Waals surface area contributed by atoms with Gasteiger partial charge in [-0.15, -0.1) is 11.3 Å². The van der Waals surface area contributed by atoms with Crippen LogP contribution >= 0.6 is 22.9 Å². The molecule has 2 heterocycles. The van der Waals surface area contributed by atoms with Crippen LogP contribution in [0.4, 0.5) is 0 Å². The zero-order chi connectivity index (χ0) is 13.1. The van der Waals surface area contributed by atoms with E-state index in [9.17, 15) is 0 Å². The molecule has 2 aromatic heterocycles. The van der Waals surface area contributed by atoms with Crippen molar-refractivity contribution in [2.45, 2.75) is 13.1 Å². The Balaban J connectivity index is 1.61. The van der Waals surface area contributed by atoms with Crippen LogP contribution in [-0.4, -0.2) is 11.1 Å². The minimum Gasteiger partial charge on any atom is -0.346 e. The van der Waals surface area contributed by atoms with Crippen molar-refractivity contribution in [1.29, 1.82) is 0 Å². The Labute approximate surface area is 121 Å². The number of hydrogen-bond donors (Lipinski definition) is 1. The molecule has 0 saturated carbocycles. The Morgan fingerprint density at radius 1 is 1.16 bits per heavy atom. The summed E-state index contributed by atoms with van der Waals surface area (Å²) in [5, 5.41) is 7.52. The molecule has 0 bridgehead atoms. The normalized spacial score (nSPS) is 11.2. The first-order valence-corrected chi connectivity index (χ1v) is 7.57. The van der Waals surface area contributed by atoms with Crippen molar-refractivity contribution in [1.82, 2.24) is 9.88 Å². The van der Waals surface area contributed by atoms with Gasteiger partial charge < -0.3 is 9.88 Å². The fraction of sp³-hybridized carbons (Fsp3) is 0.200. The Bertz CT molecular complexity index is 658. The van der Waals surface area contributed by atoms with Gasteiger partial charge in [0.15, 0.2) is 0 Å². The molecule has 0 aliphatic carbocycles. The molecule has 0 aliphatic rings. The van der Waals surface area contributed by atoms with E-state index in [0.29, 0.717) is 0 Å². The zero-order valence-corrected chi connectivity index (χ0v) is 12.0. The number of rotatable bonds is 5. The van der Waals surface area contributed by atoms with Crippen LogP contribution < -0.4 is 5.32 Å². The highest BCUT2D eigenvalue weighted by Crippen LogP contribution is 2.23. The molecule has 2 nitrogen and oxygen atoms in total. The topological polar surface area (TPSA) is 17.0 Å². The van der Waals surface area contributed by atoms with E-state index in [4.69, 9.17) is 11.6 Å². The van der Waals surface area contributed by atoms with Crippen LogP contribution in [0.15, 0.2) is 48.0 Å². The van der Waals surface area contributed by atoms with Crippen molar-refractivity contribution in [2.24, 2.45) is 0 Å². The number of halogens is 1. The van der Waals surface area contributed by atoms with Crippen molar-refractivity contribution in [3.63, 3.8) is 0 Å². The molecule has 0 amide bonds. The summed E-state index contributed by atoms with van der Waals surface area (Å²) in [7, 11) is 0. The summed E-state index contributed by atoms with van der Waals surface area (Å²) < 4.78 is 2.24. The van der Waals surface area contributed by atoms with E-state index >= 15 is 0 Å². The van der Waals surface area contributed by atoms with Crippen molar-refractivity contribution >= 4 is 33.8 Å². The maximum absolute atomic E-state index is 6.17. The van der Waals surface area contributed by atoms with Gasteiger partial charge in [0.05, 0.1) is 0 Å². The first kappa shape index (κ1) is 12.7. The van der Waals surface area contributed by atoms with Gasteiger partial charge in [-0.3, -0.25) is 0 Å². The molecule has 0 unspecified atom stereocenters. The molecule has 3 aromatic rings. The summed E-state index contributed by atoms with van der Waals surface area (Å²) in [4.78, 5) is 1.38. The number of nitrogens with one attached hydrogen (secondary N) is 1. The van der Waals surface area contributed by atoms with Gasteiger partial charge >= 0.3 is 0 Å². The number of thiophene rings is 1. The predicted octanol–water partition coefficient (Wildman–Crippen LogP) is 4.15. The third-order valence-electron chi connectivity index (χ3n) is 3.17. The lowest BCUT2D eigenvalue weighted by atomic mass is 10.2. The van der Waals surface area contributed by atoms with Gasteiger partial charge in [-0.2, -0.15) is 0 Å². The molecule has 1 aromatic carbocycles. The second-order valence-corrected chi connectivity index (χ2v) is 5.88. The second kappa shape index (κ2) is 5.78. The predicted molar refractivity (Wildman–Crippen MR) is 83.0 cm³/mol. The summed E-state index contributed by atoms with van der Waals surface area (Å²) in [6, 6.07) is 12.4. The number of aromatic nitrogens is 1. The molecule has 19 heavy (non-hydrogen) atoms. The van der Waals surface area contributed by atoms with Gasteiger partial charge in [0, 0.05) is 46.6 Å². The van der Waals surface area contributed by atoms with Crippen LogP contribution in [0.25, 0.3) is 10.9 Å². The third-order valence-corrected chi connectivity index (χ3v) is 4.38. The summed E-state index contributed by atoms with van der Waals surface area (Å²) >= 11 is 7.96. The molecule has 0 atom stereocenters. The molecule has 0 fully saturated rings. The van der Waals surface area contributed by atoms with E-state index in [1.165, 1.54) is 10.4 Å². The smallest absolute Gasteiger partial charge is 0.0499 e. The molecule has 98 valence electrons. The molecular formula is C15H15ClN2S. The largest absolute Gasteiger partial charge is 0.346 e. The number of hydrogen-bond acceptors (Lipinski definition) is 2. The Morgan fingerprint density at radius 2 is 2.11 bits per heavy atom. The molecule has 1 N–H and O–H groups in total. The lowest BCUT2D eigenvalue weighted by Crippen LogP contribution is -2.18. The average Bonchev–Trinajstić information content (AvgIpc) is 3.05. The number of nitrogens with zero attached hydrogens (tertiary/aromatic N) is 1. The molecule has 0 aliphatic heterocycles. The van der Waals surface area contributed by atoms with Gasteiger partial charge in [0.25, 0.3) is 0 Å². The monoisotopic (exact) mass is 290 g/mol. The van der Waals surface area contributed by atoms with Crippen LogP contribution in [0.2, 0.25) is 5.02 Å². The van der Waals surface area contributed by atoms with Crippen LogP contribution in [0.1, 0.15) is 4.88 Å². The minimum absolute atomic E-state index is 0.822. The van der Waals surface area contributed by atoms with Crippen LogP contribution in [-0.2, 0) is 13.1 Å². The lowest BCUT2D eigenvalue weighted by molar-refractivity contribution is 0.613. The fourth-order valence-electron chi connectivity index (χ4n) is 2.21. The number of benzene rings is 1. The molecule has 0 saturated heterocycles. The molecule has 4 heteroatoms. The quantitative estimate of drug-likeness (QED) is 0.699. The van der Waals surface area contributed by atoms with Crippen LogP contribution in [0.5, 0.6) is 0 Å². The van der Waals surface area contributed by atoms with E-state index in [1.807, 2.05) is 12.1 Å². The number of fused-ring (bicyclic) bond motifs is 1. The summed E-state index contributed by atoms with van der Waals surface area (Å²) in [6.07, 6.45) is 2.10. The first-order chi connectivity index (χ1) is 9.34. The van der Waals surface area contributed by atoms with Crippen LogP contribution in [0.3, 0.4) is 0 Å². The summed E-state index contributed by atoms with van der Waals surface area (Å²) in [5.41, 5.74) is 1.20. The SMILES string of the molecule is Clc1cccc2c1ccn2CCNCc1cccs1. The van der Waals surface area contributed by atoms with E-state index in [-0.39, 0.29) is 0 Å². The van der Waals surface area contributed by atoms with Gasteiger partial charge in [-0.25, -0.2) is 0 Å². The Morgan fingerprint density at radius 3 is 2.95 bits per heavy atom. The van der Waals surface area contributed by atoms with E-state index in [2.05, 4.69) is 45.7 Å². The van der Waals surface area contributed by atoms with Gasteiger partial charge in [-0.1, -0.05) is 23.7 Å². The van der Waals surface area contributed by atoms with Gasteiger partial charge in [0.2, 0.25) is 0 Å². The van der Waals surface area contributed by atoms with E-state index in [1.54, 1.807) is 11.3 Å². The standard InChI is InChI=1S/C15H15ClN2S/c16-14-4-1-5-15-13(14)6-8-18(15)9-7-17-11-12-3-2-10-19-12/h1-6,8,10,17H,7,9,11H2. The molecular weight excluding hydrogens is 276 g/mol. The highest BCUT2D eigenvalue weighted by Gasteiger charge is 2.03. The van der Waals surface area contributed by atoms with Gasteiger partial charge in [0.1, 0.15) is 0 Å². The molecule has 0 radical (unpaired) electrons. The molecule has 0 spiro atoms. The first-order valence-electron chi connectivity index (χ1n) is 6.31. The third kappa shape index (κ3) is 2.84. The fourth-order valence-corrected chi connectivity index (χ4v) is 3.11. The van der Waals surface area contributed by atoms with Crippen LogP contribution in [0, 0.1) is 0 Å². The maximum atomic E-state index is 6.17. The highest BCUT2D eigenvalue weighted by molar-refractivity contribution is 7.09. The van der Waals surface area contributed by atoms with Crippen molar-refractivity contribution in [3.05, 3.63) is 57.9 Å². The maximum Gasteiger partial charge on any atom is 0.0499 e. The minimum atomic E-state index is 0.822. The highest BCUT2D eigenvalue weighted by atomic mass is 35.5. The van der Waals surface area contributed by atoms with E-state index < -0.39 is 0 Å². The van der Waals surface area contributed by atoms with Crippen molar-refractivity contribution < 1.29 is 0 Å². The lowest BCUT2D eigenvalue weighted by Gasteiger charge is -2.07. The van der Waals surface area contributed by atoms with Gasteiger partial charge in [-0.05, 0) is 29.6 Å². The average molecular weight is 291 g/mol.